The van der Waals surface area contributed by atoms with Crippen LogP contribution in [0.2, 0.25) is 0 Å². The van der Waals surface area contributed by atoms with E-state index in [9.17, 15) is 9.18 Å². The van der Waals surface area contributed by atoms with E-state index in [2.05, 4.69) is 5.32 Å². The van der Waals surface area contributed by atoms with Crippen LogP contribution in [-0.4, -0.2) is 13.0 Å². The number of hydrogen-bond donors (Lipinski definition) is 1. The van der Waals surface area contributed by atoms with Crippen molar-refractivity contribution < 1.29 is 13.9 Å². The first-order chi connectivity index (χ1) is 10.5. The zero-order chi connectivity index (χ0) is 16.1. The lowest BCUT2D eigenvalue weighted by atomic mass is 10.0. The van der Waals surface area contributed by atoms with Gasteiger partial charge in [0.2, 0.25) is 5.91 Å². The van der Waals surface area contributed by atoms with Crippen LogP contribution in [0.3, 0.4) is 0 Å². The zero-order valence-electron chi connectivity index (χ0n) is 13.1. The number of methoxy groups -OCH3 is 1. The van der Waals surface area contributed by atoms with Crippen LogP contribution < -0.4 is 10.1 Å². The Morgan fingerprint density at radius 2 is 1.95 bits per heavy atom. The molecule has 0 aliphatic carbocycles. The van der Waals surface area contributed by atoms with Crippen molar-refractivity contribution in [1.82, 2.24) is 5.32 Å². The summed E-state index contributed by atoms with van der Waals surface area (Å²) in [5, 5.41) is 2.81. The molecule has 116 valence electrons. The van der Waals surface area contributed by atoms with E-state index in [4.69, 9.17) is 4.74 Å². The lowest BCUT2D eigenvalue weighted by Gasteiger charge is -2.09. The van der Waals surface area contributed by atoms with Gasteiger partial charge < -0.3 is 10.1 Å². The molecule has 1 N–H and O–H groups in total. The van der Waals surface area contributed by atoms with Crippen molar-refractivity contribution in [3.05, 3.63) is 64.5 Å². The first-order valence-electron chi connectivity index (χ1n) is 7.15. The minimum Gasteiger partial charge on any atom is -0.494 e. The van der Waals surface area contributed by atoms with Crippen molar-refractivity contribution in [2.75, 3.05) is 7.11 Å². The molecule has 0 saturated heterocycles. The summed E-state index contributed by atoms with van der Waals surface area (Å²) >= 11 is 0. The number of halogens is 1. The number of hydrogen-bond acceptors (Lipinski definition) is 2. The van der Waals surface area contributed by atoms with Gasteiger partial charge in [0.05, 0.1) is 13.5 Å². The fourth-order valence-electron chi connectivity index (χ4n) is 2.25. The molecule has 0 unspecified atom stereocenters. The van der Waals surface area contributed by atoms with Crippen molar-refractivity contribution in [3.63, 3.8) is 0 Å². The highest BCUT2D eigenvalue weighted by atomic mass is 19.1. The molecule has 0 heterocycles. The molecule has 0 spiro atoms. The molecule has 2 rings (SSSR count). The van der Waals surface area contributed by atoms with Gasteiger partial charge in [0.15, 0.2) is 11.6 Å². The number of amides is 1. The summed E-state index contributed by atoms with van der Waals surface area (Å²) in [4.78, 5) is 12.0. The van der Waals surface area contributed by atoms with Gasteiger partial charge >= 0.3 is 0 Å². The topological polar surface area (TPSA) is 38.3 Å². The normalized spacial score (nSPS) is 10.4. The third-order valence-electron chi connectivity index (χ3n) is 3.56. The van der Waals surface area contributed by atoms with Gasteiger partial charge in [-0.1, -0.05) is 29.8 Å². The molecule has 0 radical (unpaired) electrons. The maximum Gasteiger partial charge on any atom is 0.224 e. The molecular formula is C18H20FNO2. The Balaban J connectivity index is 1.95. The molecule has 0 aliphatic heterocycles. The SMILES string of the molecule is COc1ccc(CNC(=O)Cc2cc(C)ccc2C)cc1F. The lowest BCUT2D eigenvalue weighted by molar-refractivity contribution is -0.120. The van der Waals surface area contributed by atoms with Crippen LogP contribution in [0.15, 0.2) is 36.4 Å². The first-order valence-corrected chi connectivity index (χ1v) is 7.15. The van der Waals surface area contributed by atoms with E-state index in [1.165, 1.54) is 13.2 Å². The second-order valence-electron chi connectivity index (χ2n) is 5.35. The van der Waals surface area contributed by atoms with Gasteiger partial charge in [-0.05, 0) is 42.7 Å². The second-order valence-corrected chi connectivity index (χ2v) is 5.35. The number of nitrogens with one attached hydrogen (secondary N) is 1. The van der Waals surface area contributed by atoms with E-state index in [1.54, 1.807) is 12.1 Å². The average molecular weight is 301 g/mol. The van der Waals surface area contributed by atoms with Gasteiger partial charge in [0.25, 0.3) is 0 Å². The fraction of sp³-hybridized carbons (Fsp3) is 0.278. The van der Waals surface area contributed by atoms with E-state index >= 15 is 0 Å². The van der Waals surface area contributed by atoms with E-state index in [0.29, 0.717) is 18.5 Å². The number of carbonyl (C=O) groups excluding carboxylic acids is 1. The van der Waals surface area contributed by atoms with Crippen LogP contribution in [0.25, 0.3) is 0 Å². The third-order valence-corrected chi connectivity index (χ3v) is 3.56. The van der Waals surface area contributed by atoms with Crippen molar-refractivity contribution >= 4 is 5.91 Å². The maximum absolute atomic E-state index is 13.6. The van der Waals surface area contributed by atoms with Gasteiger partial charge in [0.1, 0.15) is 0 Å². The standard InChI is InChI=1S/C18H20FNO2/c1-12-4-5-13(2)15(8-12)10-18(21)20-11-14-6-7-17(22-3)16(19)9-14/h4-9H,10-11H2,1-3H3,(H,20,21). The van der Waals surface area contributed by atoms with Crippen LogP contribution in [0.5, 0.6) is 5.75 Å². The van der Waals surface area contributed by atoms with Gasteiger partial charge in [-0.15, -0.1) is 0 Å². The quantitative estimate of drug-likeness (QED) is 0.920. The molecule has 0 bridgehead atoms. The summed E-state index contributed by atoms with van der Waals surface area (Å²) in [6.07, 6.45) is 0.326. The highest BCUT2D eigenvalue weighted by Gasteiger charge is 2.08. The Labute approximate surface area is 130 Å². The monoisotopic (exact) mass is 301 g/mol. The highest BCUT2D eigenvalue weighted by molar-refractivity contribution is 5.79. The van der Waals surface area contributed by atoms with E-state index in [-0.39, 0.29) is 11.7 Å². The molecule has 0 aliphatic rings. The van der Waals surface area contributed by atoms with Crippen LogP contribution >= 0.6 is 0 Å². The van der Waals surface area contributed by atoms with E-state index < -0.39 is 5.82 Å². The van der Waals surface area contributed by atoms with Gasteiger partial charge in [-0.25, -0.2) is 4.39 Å². The molecule has 3 nitrogen and oxygen atoms in total. The molecule has 22 heavy (non-hydrogen) atoms. The van der Waals surface area contributed by atoms with Gasteiger partial charge in [-0.3, -0.25) is 4.79 Å². The summed E-state index contributed by atoms with van der Waals surface area (Å²) in [6, 6.07) is 10.7. The number of benzene rings is 2. The molecule has 0 aromatic heterocycles. The third kappa shape index (κ3) is 4.07. The summed E-state index contributed by atoms with van der Waals surface area (Å²) in [7, 11) is 1.42. The molecule has 2 aromatic carbocycles. The molecule has 1 amide bonds. The van der Waals surface area contributed by atoms with Crippen LogP contribution in [0.1, 0.15) is 22.3 Å². The van der Waals surface area contributed by atoms with Crippen LogP contribution in [-0.2, 0) is 17.8 Å². The summed E-state index contributed by atoms with van der Waals surface area (Å²) in [5.74, 6) is -0.306. The van der Waals surface area contributed by atoms with Crippen molar-refractivity contribution in [3.8, 4) is 5.75 Å². The highest BCUT2D eigenvalue weighted by Crippen LogP contribution is 2.17. The van der Waals surface area contributed by atoms with Gasteiger partial charge in [0, 0.05) is 6.54 Å². The van der Waals surface area contributed by atoms with Crippen LogP contribution in [0, 0.1) is 19.7 Å². The van der Waals surface area contributed by atoms with E-state index in [0.717, 1.165) is 16.7 Å². The Morgan fingerprint density at radius 1 is 1.18 bits per heavy atom. The number of carbonyl (C=O) groups is 1. The summed E-state index contributed by atoms with van der Waals surface area (Å²) < 4.78 is 18.4. The largest absolute Gasteiger partial charge is 0.494 e. The van der Waals surface area contributed by atoms with E-state index in [1.807, 2.05) is 32.0 Å². The fourth-order valence-corrected chi connectivity index (χ4v) is 2.25. The lowest BCUT2D eigenvalue weighted by Crippen LogP contribution is -2.25. The Morgan fingerprint density at radius 3 is 2.64 bits per heavy atom. The average Bonchev–Trinajstić information content (AvgIpc) is 2.49. The van der Waals surface area contributed by atoms with Crippen molar-refractivity contribution in [2.45, 2.75) is 26.8 Å². The molecule has 0 atom stereocenters. The zero-order valence-corrected chi connectivity index (χ0v) is 13.1. The van der Waals surface area contributed by atoms with Crippen molar-refractivity contribution in [1.29, 1.82) is 0 Å². The Bertz CT molecular complexity index is 683. The molecule has 0 fully saturated rings. The minimum atomic E-state index is -0.427. The Hall–Kier alpha value is -2.36. The van der Waals surface area contributed by atoms with Crippen molar-refractivity contribution in [2.24, 2.45) is 0 Å². The van der Waals surface area contributed by atoms with Crippen LogP contribution in [0.4, 0.5) is 4.39 Å². The second kappa shape index (κ2) is 7.07. The number of aryl methyl sites for hydroxylation is 2. The smallest absolute Gasteiger partial charge is 0.224 e. The molecular weight excluding hydrogens is 281 g/mol. The maximum atomic E-state index is 13.6. The minimum absolute atomic E-state index is 0.0788. The number of rotatable bonds is 5. The van der Waals surface area contributed by atoms with Gasteiger partial charge in [-0.2, -0.15) is 0 Å². The summed E-state index contributed by atoms with van der Waals surface area (Å²) in [5.41, 5.74) is 3.94. The number of ether oxygens (including phenoxy) is 1. The molecule has 0 saturated carbocycles. The predicted molar refractivity (Wildman–Crippen MR) is 84.4 cm³/mol. The summed E-state index contributed by atoms with van der Waals surface area (Å²) in [6.45, 7) is 4.28. The predicted octanol–water partition coefficient (Wildman–Crippen LogP) is 3.31. The first kappa shape index (κ1) is 16.0. The molecule has 4 heteroatoms. The molecule has 2 aromatic rings. The Kier molecular flexibility index (Phi) is 5.15.